The molecule has 0 fully saturated rings. The molecule has 9 nitrogen and oxygen atoms in total. The van der Waals surface area contributed by atoms with Gasteiger partial charge in [-0.25, -0.2) is 0 Å². The number of nitro benzene ring substituents is 1. The molecule has 20 heavy (non-hydrogen) atoms. The van der Waals surface area contributed by atoms with Gasteiger partial charge in [-0.05, 0) is 12.1 Å². The van der Waals surface area contributed by atoms with Gasteiger partial charge in [-0.2, -0.15) is 0 Å². The lowest BCUT2D eigenvalue weighted by Gasteiger charge is -2.14. The summed E-state index contributed by atoms with van der Waals surface area (Å²) >= 11 is 0. The van der Waals surface area contributed by atoms with Gasteiger partial charge in [-0.1, -0.05) is 0 Å². The molecule has 1 aliphatic heterocycles. The number of nitrogens with one attached hydrogen (secondary N) is 2. The SMILES string of the molecule is O=[N+]([O-])c1ccc(NNC2=N[C@H](CO)[C@@H](O)[C@H]2O)cc1. The van der Waals surface area contributed by atoms with E-state index in [2.05, 4.69) is 15.8 Å². The summed E-state index contributed by atoms with van der Waals surface area (Å²) < 4.78 is 0. The molecule has 0 saturated carbocycles. The van der Waals surface area contributed by atoms with E-state index in [-0.39, 0.29) is 18.1 Å². The van der Waals surface area contributed by atoms with Crippen LogP contribution in [0.5, 0.6) is 0 Å². The lowest BCUT2D eigenvalue weighted by Crippen LogP contribution is -2.42. The summed E-state index contributed by atoms with van der Waals surface area (Å²) in [6, 6.07) is 4.83. The van der Waals surface area contributed by atoms with E-state index in [4.69, 9.17) is 5.11 Å². The van der Waals surface area contributed by atoms with Crippen LogP contribution in [0.4, 0.5) is 11.4 Å². The first-order valence-electron chi connectivity index (χ1n) is 5.84. The van der Waals surface area contributed by atoms with Crippen LogP contribution in [0.15, 0.2) is 29.3 Å². The maximum absolute atomic E-state index is 10.5. The summed E-state index contributed by atoms with van der Waals surface area (Å²) in [4.78, 5) is 13.9. The number of nitro groups is 1. The maximum atomic E-state index is 10.5. The van der Waals surface area contributed by atoms with Crippen molar-refractivity contribution in [1.82, 2.24) is 5.43 Å². The molecular formula is C11H14N4O5. The minimum atomic E-state index is -1.22. The highest BCUT2D eigenvalue weighted by Crippen LogP contribution is 2.16. The van der Waals surface area contributed by atoms with Crippen molar-refractivity contribution < 1.29 is 20.2 Å². The molecule has 9 heteroatoms. The van der Waals surface area contributed by atoms with Gasteiger partial charge in [-0.15, -0.1) is 0 Å². The highest BCUT2D eigenvalue weighted by Gasteiger charge is 2.36. The lowest BCUT2D eigenvalue weighted by molar-refractivity contribution is -0.384. The molecule has 0 bridgehead atoms. The number of aliphatic hydroxyl groups is 3. The van der Waals surface area contributed by atoms with Gasteiger partial charge in [0.25, 0.3) is 5.69 Å². The molecule has 0 amide bonds. The Kier molecular flexibility index (Phi) is 4.13. The quantitative estimate of drug-likeness (QED) is 0.352. The average Bonchev–Trinajstić information content (AvgIpc) is 2.73. The summed E-state index contributed by atoms with van der Waals surface area (Å²) in [7, 11) is 0. The van der Waals surface area contributed by atoms with Crippen molar-refractivity contribution in [3.8, 4) is 0 Å². The van der Waals surface area contributed by atoms with E-state index in [0.29, 0.717) is 5.69 Å². The third-order valence-electron chi connectivity index (χ3n) is 2.90. The highest BCUT2D eigenvalue weighted by atomic mass is 16.6. The zero-order valence-electron chi connectivity index (χ0n) is 10.3. The van der Waals surface area contributed by atoms with Gasteiger partial charge in [0, 0.05) is 12.1 Å². The van der Waals surface area contributed by atoms with Crippen molar-refractivity contribution in [3.63, 3.8) is 0 Å². The summed E-state index contributed by atoms with van der Waals surface area (Å²) in [5.41, 5.74) is 5.78. The molecule has 0 saturated heterocycles. The average molecular weight is 282 g/mol. The first-order valence-corrected chi connectivity index (χ1v) is 5.84. The Balaban J connectivity index is 1.97. The summed E-state index contributed by atoms with van der Waals surface area (Å²) in [6.45, 7) is -0.374. The van der Waals surface area contributed by atoms with Gasteiger partial charge in [0.2, 0.25) is 0 Å². The summed E-state index contributed by atoms with van der Waals surface area (Å²) in [5.74, 6) is 0.0925. The Morgan fingerprint density at radius 3 is 2.40 bits per heavy atom. The van der Waals surface area contributed by atoms with Crippen molar-refractivity contribution in [3.05, 3.63) is 34.4 Å². The van der Waals surface area contributed by atoms with Crippen LogP contribution in [0.1, 0.15) is 0 Å². The van der Waals surface area contributed by atoms with E-state index in [1.54, 1.807) is 0 Å². The number of non-ortho nitro benzene ring substituents is 1. The fourth-order valence-electron chi connectivity index (χ4n) is 1.76. The van der Waals surface area contributed by atoms with Crippen molar-refractivity contribution in [2.45, 2.75) is 18.2 Å². The molecule has 2 rings (SSSR count). The molecule has 1 heterocycles. The molecule has 108 valence electrons. The molecule has 3 atom stereocenters. The van der Waals surface area contributed by atoms with Crippen LogP contribution in [0.3, 0.4) is 0 Å². The van der Waals surface area contributed by atoms with E-state index in [1.165, 1.54) is 24.3 Å². The number of benzene rings is 1. The van der Waals surface area contributed by atoms with E-state index >= 15 is 0 Å². The second kappa shape index (κ2) is 5.82. The molecule has 0 aromatic heterocycles. The van der Waals surface area contributed by atoms with Crippen LogP contribution in [0.25, 0.3) is 0 Å². The normalized spacial score (nSPS) is 25.1. The Labute approximate surface area is 113 Å². The minimum absolute atomic E-state index is 0.0374. The molecule has 0 unspecified atom stereocenters. The van der Waals surface area contributed by atoms with Crippen molar-refractivity contribution >= 4 is 17.2 Å². The molecule has 1 aromatic rings. The molecule has 0 radical (unpaired) electrons. The fourth-order valence-corrected chi connectivity index (χ4v) is 1.76. The van der Waals surface area contributed by atoms with Crippen molar-refractivity contribution in [2.24, 2.45) is 4.99 Å². The van der Waals surface area contributed by atoms with Gasteiger partial charge in [0.05, 0.1) is 17.2 Å². The Morgan fingerprint density at radius 2 is 1.90 bits per heavy atom. The number of amidine groups is 1. The van der Waals surface area contributed by atoms with Gasteiger partial charge in [0.15, 0.2) is 0 Å². The standard InChI is InChI=1S/C11H14N4O5/c16-5-8-9(17)10(18)11(12-8)14-13-6-1-3-7(4-2-6)15(19)20/h1-4,8-10,13,16-18H,5H2,(H,12,14)/t8-,9-,10-/m1/s1. The molecule has 1 aliphatic rings. The second-order valence-corrected chi connectivity index (χ2v) is 4.25. The number of aliphatic hydroxyl groups excluding tert-OH is 3. The molecule has 1 aromatic carbocycles. The second-order valence-electron chi connectivity index (χ2n) is 4.25. The summed E-state index contributed by atoms with van der Waals surface area (Å²) in [5, 5.41) is 38.7. The predicted molar refractivity (Wildman–Crippen MR) is 70.2 cm³/mol. The third-order valence-corrected chi connectivity index (χ3v) is 2.90. The van der Waals surface area contributed by atoms with Crippen LogP contribution in [-0.4, -0.2) is 50.9 Å². The zero-order chi connectivity index (χ0) is 14.7. The van der Waals surface area contributed by atoms with Crippen molar-refractivity contribution in [2.75, 3.05) is 12.0 Å². The monoisotopic (exact) mass is 282 g/mol. The number of aliphatic imine (C=N–C) groups is 1. The van der Waals surface area contributed by atoms with E-state index in [0.717, 1.165) is 0 Å². The van der Waals surface area contributed by atoms with Gasteiger partial charge in [0.1, 0.15) is 24.1 Å². The number of rotatable bonds is 4. The van der Waals surface area contributed by atoms with Crippen LogP contribution < -0.4 is 10.9 Å². The van der Waals surface area contributed by atoms with E-state index in [9.17, 15) is 20.3 Å². The number of hydrazine groups is 1. The number of anilines is 1. The van der Waals surface area contributed by atoms with Crippen LogP contribution in [0.2, 0.25) is 0 Å². The molecule has 5 N–H and O–H groups in total. The Bertz CT molecular complexity index is 518. The topological polar surface area (TPSA) is 140 Å². The third kappa shape index (κ3) is 2.85. The smallest absolute Gasteiger partial charge is 0.269 e. The first kappa shape index (κ1) is 14.2. The lowest BCUT2D eigenvalue weighted by atomic mass is 10.1. The molecule has 0 aliphatic carbocycles. The Morgan fingerprint density at radius 1 is 1.25 bits per heavy atom. The predicted octanol–water partition coefficient (Wildman–Crippen LogP) is -0.994. The van der Waals surface area contributed by atoms with Crippen LogP contribution in [-0.2, 0) is 0 Å². The first-order chi connectivity index (χ1) is 9.52. The summed E-state index contributed by atoms with van der Waals surface area (Å²) in [6.07, 6.45) is -2.39. The van der Waals surface area contributed by atoms with Crippen LogP contribution >= 0.6 is 0 Å². The van der Waals surface area contributed by atoms with Crippen LogP contribution in [0, 0.1) is 10.1 Å². The van der Waals surface area contributed by atoms with E-state index < -0.39 is 23.2 Å². The Hall–Kier alpha value is -2.23. The van der Waals surface area contributed by atoms with Gasteiger partial charge in [-0.3, -0.25) is 26.0 Å². The largest absolute Gasteiger partial charge is 0.394 e. The highest BCUT2D eigenvalue weighted by molar-refractivity contribution is 5.90. The van der Waals surface area contributed by atoms with Gasteiger partial charge >= 0.3 is 0 Å². The number of hydrogen-bond acceptors (Lipinski definition) is 8. The number of nitrogens with zero attached hydrogens (tertiary/aromatic N) is 2. The fraction of sp³-hybridized carbons (Fsp3) is 0.364. The maximum Gasteiger partial charge on any atom is 0.269 e. The van der Waals surface area contributed by atoms with Crippen molar-refractivity contribution in [1.29, 1.82) is 0 Å². The zero-order valence-corrected chi connectivity index (χ0v) is 10.3. The molecule has 0 spiro atoms. The number of hydrogen-bond donors (Lipinski definition) is 5. The van der Waals surface area contributed by atoms with E-state index in [1.807, 2.05) is 0 Å². The minimum Gasteiger partial charge on any atom is -0.394 e. The molecular weight excluding hydrogens is 268 g/mol. The van der Waals surface area contributed by atoms with Gasteiger partial charge < -0.3 is 15.3 Å².